The van der Waals surface area contributed by atoms with Crippen molar-refractivity contribution in [3.8, 4) is 5.75 Å². The summed E-state index contributed by atoms with van der Waals surface area (Å²) in [5.41, 5.74) is 15.3. The van der Waals surface area contributed by atoms with E-state index in [0.717, 1.165) is 16.5 Å². The highest BCUT2D eigenvalue weighted by Crippen LogP contribution is 2.36. The molecule has 11 heteroatoms. The van der Waals surface area contributed by atoms with Crippen molar-refractivity contribution in [1.29, 1.82) is 0 Å². The first-order chi connectivity index (χ1) is 21.5. The van der Waals surface area contributed by atoms with E-state index in [-0.39, 0.29) is 35.1 Å². The van der Waals surface area contributed by atoms with E-state index in [2.05, 4.69) is 61.1 Å². The molecule has 10 nitrogen and oxygen atoms in total. The van der Waals surface area contributed by atoms with E-state index in [4.69, 9.17) is 15.3 Å². The Morgan fingerprint density at radius 3 is 2.47 bits per heavy atom. The molecule has 2 amide bonds. The van der Waals surface area contributed by atoms with Gasteiger partial charge in [-0.05, 0) is 96.8 Å². The van der Waals surface area contributed by atoms with Gasteiger partial charge in [0, 0.05) is 42.8 Å². The summed E-state index contributed by atoms with van der Waals surface area (Å²) in [4.78, 5) is 25.7. The molecule has 3 aromatic carbocycles. The number of fused-ring (bicyclic) bond motifs is 1. The molecule has 0 saturated heterocycles. The number of benzene rings is 3. The van der Waals surface area contributed by atoms with Crippen LogP contribution in [0.25, 0.3) is 10.8 Å². The fraction of sp³-hybridized carbons (Fsp3) is 0.324. The van der Waals surface area contributed by atoms with Crippen molar-refractivity contribution in [2.45, 2.75) is 62.3 Å². The van der Waals surface area contributed by atoms with Crippen LogP contribution in [0.1, 0.15) is 60.9 Å². The van der Waals surface area contributed by atoms with E-state index < -0.39 is 9.84 Å². The molecule has 238 valence electrons. The lowest BCUT2D eigenvalue weighted by atomic mass is 9.93. The average Bonchev–Trinajstić information content (AvgIpc) is 3.87. The van der Waals surface area contributed by atoms with E-state index in [0.29, 0.717) is 43.0 Å². The highest BCUT2D eigenvalue weighted by atomic mass is 32.2. The zero-order chi connectivity index (χ0) is 32.7. The number of pyridine rings is 1. The molecule has 0 radical (unpaired) electrons. The monoisotopic (exact) mass is 631 g/mol. The summed E-state index contributed by atoms with van der Waals surface area (Å²) in [6.45, 7) is 7.00. The second-order valence-electron chi connectivity index (χ2n) is 11.5. The van der Waals surface area contributed by atoms with Crippen LogP contribution in [0.2, 0.25) is 0 Å². The number of anilines is 2. The number of primary amides is 1. The maximum absolute atomic E-state index is 13.0. The van der Waals surface area contributed by atoms with E-state index in [1.165, 1.54) is 21.6 Å². The molecule has 2 atom stereocenters. The van der Waals surface area contributed by atoms with Crippen molar-refractivity contribution in [2.24, 2.45) is 5.73 Å². The third-order valence-electron chi connectivity index (χ3n) is 7.90. The topological polar surface area (TPSA) is 158 Å². The summed E-state index contributed by atoms with van der Waals surface area (Å²) in [7, 11) is -1.77. The fourth-order valence-corrected chi connectivity index (χ4v) is 7.23. The summed E-state index contributed by atoms with van der Waals surface area (Å²) < 4.78 is 32.1. The van der Waals surface area contributed by atoms with Crippen LogP contribution in [0.4, 0.5) is 11.5 Å². The van der Waals surface area contributed by atoms with Crippen molar-refractivity contribution < 1.29 is 22.7 Å². The molecule has 5 N–H and O–H groups in total. The predicted molar refractivity (Wildman–Crippen MR) is 178 cm³/mol. The Kier molecular flexibility index (Phi) is 10.7. The zero-order valence-electron chi connectivity index (χ0n) is 26.1. The molecule has 1 aliphatic carbocycles. The summed E-state index contributed by atoms with van der Waals surface area (Å²) >= 11 is 0. The predicted octanol–water partition coefficient (Wildman–Crippen LogP) is 5.11. The second kappa shape index (κ2) is 14.4. The number of nitrogens with zero attached hydrogens (tertiary/aromatic N) is 2. The number of rotatable bonds is 12. The average molecular weight is 632 g/mol. The largest absolute Gasteiger partial charge is 0.493 e. The number of carbonyl (C=O) groups excluding carboxylic acids is 2. The summed E-state index contributed by atoms with van der Waals surface area (Å²) in [6, 6.07) is 19.7. The molecular weight excluding hydrogens is 590 g/mol. The van der Waals surface area contributed by atoms with Crippen LogP contribution in [0.5, 0.6) is 5.75 Å². The molecule has 1 aliphatic rings. The molecule has 1 heterocycles. The number of amides is 2. The van der Waals surface area contributed by atoms with Crippen molar-refractivity contribution in [3.63, 3.8) is 0 Å². The van der Waals surface area contributed by atoms with Crippen LogP contribution in [0.3, 0.4) is 0 Å². The molecule has 0 bridgehead atoms. The summed E-state index contributed by atoms with van der Waals surface area (Å²) in [5.74, 6) is 1.23. The Morgan fingerprint density at radius 1 is 1.07 bits per heavy atom. The van der Waals surface area contributed by atoms with Gasteiger partial charge in [0.05, 0.1) is 16.8 Å². The molecule has 5 rings (SSSR count). The minimum atomic E-state index is -3.40. The van der Waals surface area contributed by atoms with Gasteiger partial charge in [-0.2, -0.15) is 0 Å². The molecule has 45 heavy (non-hydrogen) atoms. The van der Waals surface area contributed by atoms with Crippen molar-refractivity contribution in [3.05, 3.63) is 89.1 Å². The maximum Gasteiger partial charge on any atom is 0.209 e. The van der Waals surface area contributed by atoms with Gasteiger partial charge in [-0.3, -0.25) is 9.59 Å². The number of sulfone groups is 1. The van der Waals surface area contributed by atoms with E-state index in [1.54, 1.807) is 31.4 Å². The fourth-order valence-electron chi connectivity index (χ4n) is 5.37. The Bertz CT molecular complexity index is 1770. The van der Waals surface area contributed by atoms with Crippen LogP contribution in [-0.4, -0.2) is 50.0 Å². The maximum atomic E-state index is 13.0. The van der Waals surface area contributed by atoms with Gasteiger partial charge in [0.15, 0.2) is 9.84 Å². The summed E-state index contributed by atoms with van der Waals surface area (Å²) in [5, 5.41) is 5.25. The van der Waals surface area contributed by atoms with Gasteiger partial charge in [0.25, 0.3) is 0 Å². The van der Waals surface area contributed by atoms with Gasteiger partial charge in [0.1, 0.15) is 11.6 Å². The standard InChI is InChI=1S/C33H38N4O4S.CH3NO/c1-21-15-24(23(3)36-27-6-11-31-25(16-27)13-14-35-33(31)34)5-10-30(21)22(2)19-41-28-7-12-32(42(39,40)29-8-9-29)26(17-28)18-37(4)20-38;2-1-3/h5-7,10-17,20,22-23,29,36H,8-9,18-19H2,1-4H3,(H2,34,35);1H,(H2,2,3)/t22?,23-;/m0./s1. The third-order valence-corrected chi connectivity index (χ3v) is 10.3. The Hall–Kier alpha value is -4.64. The second-order valence-corrected chi connectivity index (χ2v) is 13.7. The van der Waals surface area contributed by atoms with Crippen LogP contribution >= 0.6 is 0 Å². The van der Waals surface area contributed by atoms with Crippen LogP contribution < -0.4 is 21.5 Å². The molecular formula is C34H41N5O5S. The van der Waals surface area contributed by atoms with Crippen molar-refractivity contribution >= 4 is 44.9 Å². The molecule has 4 aromatic rings. The Labute approximate surface area is 264 Å². The molecule has 1 aromatic heterocycles. The Balaban J connectivity index is 0.00000148. The van der Waals surface area contributed by atoms with Crippen LogP contribution in [0, 0.1) is 6.92 Å². The number of nitrogen functional groups attached to an aromatic ring is 1. The van der Waals surface area contributed by atoms with Crippen LogP contribution in [-0.2, 0) is 26.0 Å². The van der Waals surface area contributed by atoms with Crippen molar-refractivity contribution in [1.82, 2.24) is 9.88 Å². The number of nitrogens with two attached hydrogens (primary N) is 2. The van der Waals surface area contributed by atoms with Gasteiger partial charge in [-0.15, -0.1) is 0 Å². The molecule has 0 spiro atoms. The minimum Gasteiger partial charge on any atom is -0.493 e. The summed E-state index contributed by atoms with van der Waals surface area (Å²) in [6.07, 6.45) is 4.04. The number of nitrogens with one attached hydrogen (secondary N) is 1. The van der Waals surface area contributed by atoms with Gasteiger partial charge < -0.3 is 26.4 Å². The van der Waals surface area contributed by atoms with E-state index >= 15 is 0 Å². The van der Waals surface area contributed by atoms with Gasteiger partial charge in [-0.1, -0.05) is 25.1 Å². The van der Waals surface area contributed by atoms with E-state index in [9.17, 15) is 13.2 Å². The zero-order valence-corrected chi connectivity index (χ0v) is 26.9. The van der Waals surface area contributed by atoms with Crippen molar-refractivity contribution in [2.75, 3.05) is 24.7 Å². The lowest BCUT2D eigenvalue weighted by Crippen LogP contribution is -2.19. The number of hydrogen-bond donors (Lipinski definition) is 3. The van der Waals surface area contributed by atoms with Gasteiger partial charge >= 0.3 is 0 Å². The number of aromatic nitrogens is 1. The Morgan fingerprint density at radius 2 is 1.80 bits per heavy atom. The number of carbonyl (C=O) groups is 2. The van der Waals surface area contributed by atoms with Gasteiger partial charge in [-0.25, -0.2) is 13.4 Å². The first-order valence-corrected chi connectivity index (χ1v) is 16.3. The third kappa shape index (κ3) is 8.10. The number of ether oxygens (including phenoxy) is 1. The first kappa shape index (κ1) is 33.3. The first-order valence-electron chi connectivity index (χ1n) is 14.8. The van der Waals surface area contributed by atoms with Crippen LogP contribution in [0.15, 0.2) is 71.8 Å². The smallest absolute Gasteiger partial charge is 0.209 e. The molecule has 1 saturated carbocycles. The minimum absolute atomic E-state index is 0.0919. The molecule has 0 aliphatic heterocycles. The normalized spacial score (nSPS) is 14.0. The van der Waals surface area contributed by atoms with E-state index in [1.807, 2.05) is 18.2 Å². The molecule has 1 fully saturated rings. The SMILES string of the molecule is Cc1cc([C@H](C)Nc2ccc3c(N)nccc3c2)ccc1C(C)COc1ccc(S(=O)(=O)C2CC2)c(CN(C)C=O)c1.NC=O. The number of hydrogen-bond acceptors (Lipinski definition) is 8. The lowest BCUT2D eigenvalue weighted by molar-refractivity contribution is -0.117. The highest BCUT2D eigenvalue weighted by molar-refractivity contribution is 7.92. The number of aryl methyl sites for hydroxylation is 1. The lowest BCUT2D eigenvalue weighted by Gasteiger charge is -2.21. The van der Waals surface area contributed by atoms with Gasteiger partial charge in [0.2, 0.25) is 12.8 Å². The highest BCUT2D eigenvalue weighted by Gasteiger charge is 2.38. The quantitative estimate of drug-likeness (QED) is 0.182. The molecule has 1 unspecified atom stereocenters.